The fraction of sp³-hybridized carbons (Fsp3) is 1.00. The van der Waals surface area contributed by atoms with Crippen molar-refractivity contribution >= 4 is 11.6 Å². The van der Waals surface area contributed by atoms with Gasteiger partial charge < -0.3 is 4.90 Å². The second-order valence-corrected chi connectivity index (χ2v) is 5.55. The predicted octanol–water partition coefficient (Wildman–Crippen LogP) is 2.74. The highest BCUT2D eigenvalue weighted by Crippen LogP contribution is 2.52. The third-order valence-electron chi connectivity index (χ3n) is 3.86. The van der Waals surface area contributed by atoms with Gasteiger partial charge in [-0.2, -0.15) is 0 Å². The molecular formula is C11H20ClN. The standard InChI is InChI=1S/C11H20ClN/c1-9(2)13-4-3-11(8-13)5-10(6-11)7-12/h9-10H,3-8H2,1-2H3. The molecule has 2 aliphatic rings. The van der Waals surface area contributed by atoms with Crippen molar-refractivity contribution < 1.29 is 0 Å². The van der Waals surface area contributed by atoms with Gasteiger partial charge in [0.1, 0.15) is 0 Å². The molecule has 0 unspecified atom stereocenters. The minimum Gasteiger partial charge on any atom is -0.300 e. The molecule has 0 aromatic heterocycles. The van der Waals surface area contributed by atoms with Crippen molar-refractivity contribution in [1.29, 1.82) is 0 Å². The summed E-state index contributed by atoms with van der Waals surface area (Å²) in [6.45, 7) is 7.25. The Kier molecular flexibility index (Phi) is 2.59. The van der Waals surface area contributed by atoms with Crippen molar-refractivity contribution in [3.63, 3.8) is 0 Å². The molecule has 0 N–H and O–H groups in total. The number of nitrogens with zero attached hydrogens (tertiary/aromatic N) is 1. The van der Waals surface area contributed by atoms with Crippen LogP contribution in [0.4, 0.5) is 0 Å². The molecule has 0 radical (unpaired) electrons. The first-order valence-corrected chi connectivity index (χ1v) is 5.99. The number of alkyl halides is 1. The van der Waals surface area contributed by atoms with Crippen LogP contribution in [0.1, 0.15) is 33.1 Å². The Labute approximate surface area is 86.4 Å². The second kappa shape index (κ2) is 3.43. The summed E-state index contributed by atoms with van der Waals surface area (Å²) in [4.78, 5) is 2.62. The van der Waals surface area contributed by atoms with Crippen molar-refractivity contribution in [2.24, 2.45) is 11.3 Å². The summed E-state index contributed by atoms with van der Waals surface area (Å²) in [6.07, 6.45) is 4.19. The van der Waals surface area contributed by atoms with Crippen molar-refractivity contribution in [3.8, 4) is 0 Å². The van der Waals surface area contributed by atoms with E-state index < -0.39 is 0 Å². The minimum atomic E-state index is 0.684. The maximum absolute atomic E-state index is 5.85. The van der Waals surface area contributed by atoms with Gasteiger partial charge in [-0.15, -0.1) is 11.6 Å². The van der Waals surface area contributed by atoms with E-state index in [-0.39, 0.29) is 0 Å². The molecule has 2 rings (SSSR count). The lowest BCUT2D eigenvalue weighted by Gasteiger charge is -2.45. The highest BCUT2D eigenvalue weighted by atomic mass is 35.5. The van der Waals surface area contributed by atoms with Crippen LogP contribution in [-0.4, -0.2) is 29.9 Å². The molecule has 1 heterocycles. The number of halogens is 1. The molecule has 0 amide bonds. The third kappa shape index (κ3) is 1.73. The first-order chi connectivity index (χ1) is 6.15. The Hall–Kier alpha value is 0.250. The average molecular weight is 202 g/mol. The summed E-state index contributed by atoms with van der Waals surface area (Å²) < 4.78 is 0. The van der Waals surface area contributed by atoms with E-state index in [0.717, 1.165) is 17.8 Å². The van der Waals surface area contributed by atoms with Crippen LogP contribution in [0.25, 0.3) is 0 Å². The van der Waals surface area contributed by atoms with E-state index in [1.807, 2.05) is 0 Å². The lowest BCUT2D eigenvalue weighted by molar-refractivity contribution is 0.0721. The Morgan fingerprint density at radius 1 is 1.46 bits per heavy atom. The Morgan fingerprint density at radius 3 is 2.62 bits per heavy atom. The number of rotatable bonds is 2. The molecule has 0 atom stereocenters. The Morgan fingerprint density at radius 2 is 2.15 bits per heavy atom. The van der Waals surface area contributed by atoms with E-state index in [2.05, 4.69) is 18.7 Å². The zero-order valence-corrected chi connectivity index (χ0v) is 9.48. The van der Waals surface area contributed by atoms with E-state index in [1.54, 1.807) is 0 Å². The maximum Gasteiger partial charge on any atom is 0.0252 e. The van der Waals surface area contributed by atoms with Gasteiger partial charge in [0.25, 0.3) is 0 Å². The van der Waals surface area contributed by atoms with Crippen LogP contribution in [0.3, 0.4) is 0 Å². The molecule has 0 aromatic rings. The topological polar surface area (TPSA) is 3.24 Å². The van der Waals surface area contributed by atoms with Crippen LogP contribution in [0.2, 0.25) is 0 Å². The van der Waals surface area contributed by atoms with E-state index in [4.69, 9.17) is 11.6 Å². The first kappa shape index (κ1) is 9.79. The Bertz CT molecular complexity index is 185. The quantitative estimate of drug-likeness (QED) is 0.622. The Balaban J connectivity index is 1.86. The van der Waals surface area contributed by atoms with Crippen LogP contribution >= 0.6 is 11.6 Å². The second-order valence-electron chi connectivity index (χ2n) is 5.24. The molecule has 0 bridgehead atoms. The van der Waals surface area contributed by atoms with E-state index in [1.165, 1.54) is 32.4 Å². The van der Waals surface area contributed by atoms with Gasteiger partial charge >= 0.3 is 0 Å². The van der Waals surface area contributed by atoms with Crippen molar-refractivity contribution in [2.75, 3.05) is 19.0 Å². The number of hydrogen-bond donors (Lipinski definition) is 0. The maximum atomic E-state index is 5.85. The molecule has 0 aromatic carbocycles. The molecule has 2 heteroatoms. The molecular weight excluding hydrogens is 182 g/mol. The zero-order valence-electron chi connectivity index (χ0n) is 8.72. The van der Waals surface area contributed by atoms with Gasteiger partial charge in [-0.1, -0.05) is 0 Å². The summed E-state index contributed by atoms with van der Waals surface area (Å²) in [5, 5.41) is 0. The van der Waals surface area contributed by atoms with Crippen molar-refractivity contribution in [2.45, 2.75) is 39.2 Å². The molecule has 1 spiro atoms. The minimum absolute atomic E-state index is 0.684. The molecule has 1 aliphatic heterocycles. The first-order valence-electron chi connectivity index (χ1n) is 5.45. The van der Waals surface area contributed by atoms with Gasteiger partial charge in [0.2, 0.25) is 0 Å². The molecule has 1 aliphatic carbocycles. The van der Waals surface area contributed by atoms with Crippen LogP contribution in [-0.2, 0) is 0 Å². The number of hydrogen-bond acceptors (Lipinski definition) is 1. The van der Waals surface area contributed by atoms with Crippen LogP contribution in [0, 0.1) is 11.3 Å². The fourth-order valence-electron chi connectivity index (χ4n) is 3.02. The lowest BCUT2D eigenvalue weighted by Crippen LogP contribution is -2.41. The highest BCUT2D eigenvalue weighted by Gasteiger charge is 2.47. The van der Waals surface area contributed by atoms with Crippen molar-refractivity contribution in [3.05, 3.63) is 0 Å². The molecule has 2 fully saturated rings. The van der Waals surface area contributed by atoms with Gasteiger partial charge in [0.15, 0.2) is 0 Å². The van der Waals surface area contributed by atoms with E-state index in [0.29, 0.717) is 5.41 Å². The third-order valence-corrected chi connectivity index (χ3v) is 4.30. The molecule has 1 nitrogen and oxygen atoms in total. The van der Waals surface area contributed by atoms with E-state index >= 15 is 0 Å². The van der Waals surface area contributed by atoms with Gasteiger partial charge in [0, 0.05) is 18.5 Å². The van der Waals surface area contributed by atoms with Gasteiger partial charge in [-0.05, 0) is 51.0 Å². The van der Waals surface area contributed by atoms with Crippen molar-refractivity contribution in [1.82, 2.24) is 4.90 Å². The molecule has 76 valence electrons. The lowest BCUT2D eigenvalue weighted by atomic mass is 9.62. The molecule has 1 saturated carbocycles. The highest BCUT2D eigenvalue weighted by molar-refractivity contribution is 6.18. The summed E-state index contributed by atoms with van der Waals surface area (Å²) in [5.41, 5.74) is 0.684. The summed E-state index contributed by atoms with van der Waals surface area (Å²) in [7, 11) is 0. The zero-order chi connectivity index (χ0) is 9.47. The fourth-order valence-corrected chi connectivity index (χ4v) is 3.24. The monoisotopic (exact) mass is 201 g/mol. The summed E-state index contributed by atoms with van der Waals surface area (Å²) in [6, 6.07) is 0.731. The SMILES string of the molecule is CC(C)N1CCC2(CC(CCl)C2)C1. The van der Waals surface area contributed by atoms with Gasteiger partial charge in [-0.25, -0.2) is 0 Å². The van der Waals surface area contributed by atoms with E-state index in [9.17, 15) is 0 Å². The largest absolute Gasteiger partial charge is 0.300 e. The predicted molar refractivity (Wildman–Crippen MR) is 57.2 cm³/mol. The average Bonchev–Trinajstić information content (AvgIpc) is 2.45. The van der Waals surface area contributed by atoms with Gasteiger partial charge in [0.05, 0.1) is 0 Å². The van der Waals surface area contributed by atoms with Crippen LogP contribution in [0.15, 0.2) is 0 Å². The molecule has 1 saturated heterocycles. The summed E-state index contributed by atoms with van der Waals surface area (Å²) in [5.74, 6) is 1.71. The number of likely N-dealkylation sites (tertiary alicyclic amines) is 1. The molecule has 13 heavy (non-hydrogen) atoms. The van der Waals surface area contributed by atoms with Gasteiger partial charge in [-0.3, -0.25) is 0 Å². The van der Waals surface area contributed by atoms with Crippen LogP contribution < -0.4 is 0 Å². The van der Waals surface area contributed by atoms with Crippen LogP contribution in [0.5, 0.6) is 0 Å². The smallest absolute Gasteiger partial charge is 0.0252 e. The normalized spacial score (nSPS) is 40.2. The summed E-state index contributed by atoms with van der Waals surface area (Å²) >= 11 is 5.85.